The molecular formula is C6H12NO. The summed E-state index contributed by atoms with van der Waals surface area (Å²) in [5.41, 5.74) is 0. The molecule has 1 radical (unpaired) electrons. The van der Waals surface area contributed by atoms with Crippen molar-refractivity contribution in [2.24, 2.45) is 0 Å². The fraction of sp³-hybridized carbons (Fsp3) is 0.833. The van der Waals surface area contributed by atoms with Crippen LogP contribution in [0.4, 0.5) is 0 Å². The minimum Gasteiger partial charge on any atom is -0.380 e. The van der Waals surface area contributed by atoms with Crippen molar-refractivity contribution in [3.05, 3.63) is 7.05 Å². The summed E-state index contributed by atoms with van der Waals surface area (Å²) in [4.78, 5) is 1.97. The fourth-order valence-electron chi connectivity index (χ4n) is 0.870. The normalized spacial score (nSPS) is 29.6. The van der Waals surface area contributed by atoms with Crippen LogP contribution in [0, 0.1) is 7.05 Å². The molecule has 0 spiro atoms. The molecule has 1 aliphatic rings. The van der Waals surface area contributed by atoms with Gasteiger partial charge in [-0.15, -0.1) is 0 Å². The van der Waals surface area contributed by atoms with E-state index in [-0.39, 0.29) is 0 Å². The van der Waals surface area contributed by atoms with Crippen LogP contribution in [0.1, 0.15) is 6.42 Å². The zero-order valence-electron chi connectivity index (χ0n) is 5.26. The summed E-state index contributed by atoms with van der Waals surface area (Å²) in [6.07, 6.45) is 1.14. The molecule has 1 unspecified atom stereocenters. The lowest BCUT2D eigenvalue weighted by atomic mass is 10.2. The summed E-state index contributed by atoms with van der Waals surface area (Å²) in [5.74, 6) is 0. The Hall–Kier alpha value is -0.0800. The highest BCUT2D eigenvalue weighted by molar-refractivity contribution is 4.71. The molecule has 1 saturated heterocycles. The molecule has 0 bridgehead atoms. The molecule has 1 aliphatic heterocycles. The van der Waals surface area contributed by atoms with E-state index in [2.05, 4.69) is 7.05 Å². The van der Waals surface area contributed by atoms with Gasteiger partial charge in [-0.05, 0) is 13.5 Å². The Morgan fingerprint density at radius 3 is 2.75 bits per heavy atom. The highest BCUT2D eigenvalue weighted by Gasteiger charge is 2.16. The monoisotopic (exact) mass is 114 g/mol. The SMILES string of the molecule is [CH2]N(C)C1CCOC1. The smallest absolute Gasteiger partial charge is 0.0622 e. The second-order valence-corrected chi connectivity index (χ2v) is 2.27. The van der Waals surface area contributed by atoms with Crippen molar-refractivity contribution in [2.75, 3.05) is 20.3 Å². The first-order valence-corrected chi connectivity index (χ1v) is 2.92. The van der Waals surface area contributed by atoms with Gasteiger partial charge in [0.1, 0.15) is 0 Å². The van der Waals surface area contributed by atoms with Gasteiger partial charge in [-0.1, -0.05) is 0 Å². The average molecular weight is 114 g/mol. The lowest BCUT2D eigenvalue weighted by molar-refractivity contribution is 0.174. The molecule has 8 heavy (non-hydrogen) atoms. The maximum atomic E-state index is 5.14. The lowest BCUT2D eigenvalue weighted by Crippen LogP contribution is -2.25. The van der Waals surface area contributed by atoms with Crippen LogP contribution in [-0.2, 0) is 4.74 Å². The molecule has 0 saturated carbocycles. The van der Waals surface area contributed by atoms with Crippen molar-refractivity contribution < 1.29 is 4.74 Å². The molecule has 1 fully saturated rings. The summed E-state index contributed by atoms with van der Waals surface area (Å²) in [5, 5.41) is 0. The zero-order chi connectivity index (χ0) is 5.98. The standard InChI is InChI=1S/C6H12NO/c1-7(2)6-3-4-8-5-6/h6H,1,3-5H2,2H3. The van der Waals surface area contributed by atoms with Gasteiger partial charge in [-0.2, -0.15) is 0 Å². The van der Waals surface area contributed by atoms with Crippen molar-refractivity contribution in [1.82, 2.24) is 4.90 Å². The molecule has 1 heterocycles. The second-order valence-electron chi connectivity index (χ2n) is 2.27. The molecule has 0 amide bonds. The van der Waals surface area contributed by atoms with E-state index >= 15 is 0 Å². The molecule has 0 aliphatic carbocycles. The molecule has 2 heteroatoms. The molecule has 2 nitrogen and oxygen atoms in total. The number of nitrogens with zero attached hydrogens (tertiary/aromatic N) is 1. The first-order chi connectivity index (χ1) is 3.80. The van der Waals surface area contributed by atoms with Crippen molar-refractivity contribution >= 4 is 0 Å². The van der Waals surface area contributed by atoms with E-state index in [1.165, 1.54) is 0 Å². The van der Waals surface area contributed by atoms with Gasteiger partial charge in [0.15, 0.2) is 0 Å². The number of hydrogen-bond acceptors (Lipinski definition) is 2. The van der Waals surface area contributed by atoms with E-state index in [0.717, 1.165) is 19.6 Å². The van der Waals surface area contributed by atoms with Crippen LogP contribution in [-0.4, -0.2) is 31.2 Å². The molecular weight excluding hydrogens is 102 g/mol. The van der Waals surface area contributed by atoms with Crippen LogP contribution in [0.3, 0.4) is 0 Å². The second kappa shape index (κ2) is 2.46. The Kier molecular flexibility index (Phi) is 1.86. The van der Waals surface area contributed by atoms with E-state index in [0.29, 0.717) is 6.04 Å². The Morgan fingerprint density at radius 1 is 1.75 bits per heavy atom. The van der Waals surface area contributed by atoms with Crippen molar-refractivity contribution in [2.45, 2.75) is 12.5 Å². The zero-order valence-corrected chi connectivity index (χ0v) is 5.26. The highest BCUT2D eigenvalue weighted by Crippen LogP contribution is 2.08. The number of ether oxygens (including phenoxy) is 1. The van der Waals surface area contributed by atoms with Gasteiger partial charge in [-0.3, -0.25) is 4.90 Å². The van der Waals surface area contributed by atoms with Gasteiger partial charge in [0.2, 0.25) is 0 Å². The fourth-order valence-corrected chi connectivity index (χ4v) is 0.870. The van der Waals surface area contributed by atoms with Crippen LogP contribution in [0.5, 0.6) is 0 Å². The maximum Gasteiger partial charge on any atom is 0.0622 e. The van der Waals surface area contributed by atoms with Crippen LogP contribution in [0.25, 0.3) is 0 Å². The van der Waals surface area contributed by atoms with E-state index in [4.69, 9.17) is 4.74 Å². The van der Waals surface area contributed by atoms with Gasteiger partial charge in [0.05, 0.1) is 6.61 Å². The van der Waals surface area contributed by atoms with Gasteiger partial charge < -0.3 is 4.74 Å². The highest BCUT2D eigenvalue weighted by atomic mass is 16.5. The number of rotatable bonds is 1. The Morgan fingerprint density at radius 2 is 2.50 bits per heavy atom. The van der Waals surface area contributed by atoms with Gasteiger partial charge in [0.25, 0.3) is 0 Å². The summed E-state index contributed by atoms with van der Waals surface area (Å²) in [6.45, 7) is 1.77. The Labute approximate surface area is 50.4 Å². The molecule has 1 atom stereocenters. The Balaban J connectivity index is 2.24. The van der Waals surface area contributed by atoms with Crippen LogP contribution < -0.4 is 0 Å². The van der Waals surface area contributed by atoms with Crippen molar-refractivity contribution in [3.63, 3.8) is 0 Å². The van der Waals surface area contributed by atoms with E-state index in [1.54, 1.807) is 0 Å². The molecule has 1 rings (SSSR count). The third-order valence-corrected chi connectivity index (χ3v) is 1.53. The van der Waals surface area contributed by atoms with E-state index in [9.17, 15) is 0 Å². The summed E-state index contributed by atoms with van der Waals surface area (Å²) in [7, 11) is 5.76. The molecule has 47 valence electrons. The topological polar surface area (TPSA) is 12.5 Å². The Bertz CT molecular complexity index is 66.9. The largest absolute Gasteiger partial charge is 0.380 e. The summed E-state index contributed by atoms with van der Waals surface area (Å²) >= 11 is 0. The van der Waals surface area contributed by atoms with E-state index < -0.39 is 0 Å². The van der Waals surface area contributed by atoms with Crippen molar-refractivity contribution in [1.29, 1.82) is 0 Å². The lowest BCUT2D eigenvalue weighted by Gasteiger charge is -2.15. The van der Waals surface area contributed by atoms with Crippen LogP contribution in [0.2, 0.25) is 0 Å². The first-order valence-electron chi connectivity index (χ1n) is 2.92. The predicted octanol–water partition coefficient (Wildman–Crippen LogP) is 0.499. The number of hydrogen-bond donors (Lipinski definition) is 0. The number of likely N-dealkylation sites (N-methyl/N-ethyl adjacent to an activating group) is 1. The maximum absolute atomic E-state index is 5.14. The molecule has 0 aromatic heterocycles. The predicted molar refractivity (Wildman–Crippen MR) is 32.3 cm³/mol. The summed E-state index contributed by atoms with van der Waals surface area (Å²) in [6, 6.07) is 0.565. The minimum atomic E-state index is 0.565. The first kappa shape index (κ1) is 6.05. The summed E-state index contributed by atoms with van der Waals surface area (Å²) < 4.78 is 5.14. The quantitative estimate of drug-likeness (QED) is 0.492. The van der Waals surface area contributed by atoms with E-state index in [1.807, 2.05) is 11.9 Å². The molecule has 0 aromatic carbocycles. The van der Waals surface area contributed by atoms with Crippen LogP contribution in [0.15, 0.2) is 0 Å². The molecule has 0 aromatic rings. The van der Waals surface area contributed by atoms with Gasteiger partial charge >= 0.3 is 0 Å². The molecule has 0 N–H and O–H groups in total. The van der Waals surface area contributed by atoms with Gasteiger partial charge in [-0.25, -0.2) is 0 Å². The average Bonchev–Trinajstić information content (AvgIpc) is 2.12. The van der Waals surface area contributed by atoms with Crippen molar-refractivity contribution in [3.8, 4) is 0 Å². The third-order valence-electron chi connectivity index (χ3n) is 1.53. The van der Waals surface area contributed by atoms with Gasteiger partial charge in [0, 0.05) is 19.7 Å². The van der Waals surface area contributed by atoms with Crippen LogP contribution >= 0.6 is 0 Å². The third kappa shape index (κ3) is 1.20. The minimum absolute atomic E-state index is 0.565.